The van der Waals surface area contributed by atoms with Gasteiger partial charge in [0, 0.05) is 29.9 Å². The summed E-state index contributed by atoms with van der Waals surface area (Å²) in [7, 11) is 1.95. The summed E-state index contributed by atoms with van der Waals surface area (Å²) < 4.78 is 0. The van der Waals surface area contributed by atoms with Crippen molar-refractivity contribution in [1.82, 2.24) is 10.2 Å². The van der Waals surface area contributed by atoms with Gasteiger partial charge < -0.3 is 15.5 Å². The van der Waals surface area contributed by atoms with E-state index in [1.807, 2.05) is 30.1 Å². The molecule has 0 saturated carbocycles. The van der Waals surface area contributed by atoms with Crippen molar-refractivity contribution in [2.75, 3.05) is 32.0 Å². The van der Waals surface area contributed by atoms with Crippen LogP contribution in [-0.4, -0.2) is 43.4 Å². The summed E-state index contributed by atoms with van der Waals surface area (Å²) in [5.74, 6) is 0.421. The molecule has 26 heavy (non-hydrogen) atoms. The number of hydrogen-bond acceptors (Lipinski definition) is 3. The molecule has 1 heterocycles. The molecular formula is C21H25N3O2. The molecule has 3 rings (SSSR count). The fraction of sp³-hybridized carbons (Fsp3) is 0.333. The van der Waals surface area contributed by atoms with Crippen molar-refractivity contribution in [3.8, 4) is 0 Å². The van der Waals surface area contributed by atoms with Crippen LogP contribution in [0.5, 0.6) is 0 Å². The molecule has 2 amide bonds. The highest BCUT2D eigenvalue weighted by Crippen LogP contribution is 2.19. The molecule has 2 N–H and O–H groups in total. The Morgan fingerprint density at radius 3 is 2.46 bits per heavy atom. The first-order valence-corrected chi connectivity index (χ1v) is 9.07. The number of nitrogens with one attached hydrogen (secondary N) is 2. The van der Waals surface area contributed by atoms with Gasteiger partial charge in [0.2, 0.25) is 0 Å². The van der Waals surface area contributed by atoms with Gasteiger partial charge in [0.1, 0.15) is 0 Å². The SMILES string of the molecule is CNCC1CCCN(C(=O)c2ccc(NC(=O)c3ccccc3)cc2)C1. The number of nitrogens with zero attached hydrogens (tertiary/aromatic N) is 1. The fourth-order valence-corrected chi connectivity index (χ4v) is 3.38. The van der Waals surface area contributed by atoms with Crippen molar-refractivity contribution in [1.29, 1.82) is 0 Å². The average Bonchev–Trinajstić information content (AvgIpc) is 2.69. The Hall–Kier alpha value is -2.66. The number of hydrogen-bond donors (Lipinski definition) is 2. The molecule has 0 aliphatic carbocycles. The average molecular weight is 351 g/mol. The summed E-state index contributed by atoms with van der Waals surface area (Å²) in [6.07, 6.45) is 2.21. The summed E-state index contributed by atoms with van der Waals surface area (Å²) in [5, 5.41) is 6.05. The lowest BCUT2D eigenvalue weighted by atomic mass is 9.97. The van der Waals surface area contributed by atoms with Gasteiger partial charge >= 0.3 is 0 Å². The Labute approximate surface area is 154 Å². The number of piperidine rings is 1. The van der Waals surface area contributed by atoms with Crippen molar-refractivity contribution in [3.63, 3.8) is 0 Å². The van der Waals surface area contributed by atoms with Crippen LogP contribution in [0.3, 0.4) is 0 Å². The van der Waals surface area contributed by atoms with Gasteiger partial charge in [-0.1, -0.05) is 18.2 Å². The second kappa shape index (κ2) is 8.63. The number of rotatable bonds is 5. The Morgan fingerprint density at radius 1 is 1.04 bits per heavy atom. The number of benzene rings is 2. The zero-order valence-corrected chi connectivity index (χ0v) is 15.1. The van der Waals surface area contributed by atoms with Crippen LogP contribution in [0.4, 0.5) is 5.69 Å². The summed E-state index contributed by atoms with van der Waals surface area (Å²) in [6.45, 7) is 2.55. The quantitative estimate of drug-likeness (QED) is 0.870. The number of amides is 2. The lowest BCUT2D eigenvalue weighted by Crippen LogP contribution is -2.42. The van der Waals surface area contributed by atoms with E-state index in [1.54, 1.807) is 36.4 Å². The van der Waals surface area contributed by atoms with Crippen LogP contribution in [0.15, 0.2) is 54.6 Å². The number of carbonyl (C=O) groups excluding carboxylic acids is 2. The summed E-state index contributed by atoms with van der Waals surface area (Å²) in [5.41, 5.74) is 1.95. The molecule has 2 aromatic carbocycles. The van der Waals surface area contributed by atoms with Gasteiger partial charge in [-0.2, -0.15) is 0 Å². The second-order valence-corrected chi connectivity index (χ2v) is 6.71. The highest BCUT2D eigenvalue weighted by molar-refractivity contribution is 6.04. The van der Waals surface area contributed by atoms with E-state index in [0.29, 0.717) is 22.7 Å². The fourth-order valence-electron chi connectivity index (χ4n) is 3.38. The number of likely N-dealkylation sites (tertiary alicyclic amines) is 1. The highest BCUT2D eigenvalue weighted by atomic mass is 16.2. The molecule has 1 fully saturated rings. The molecule has 0 aromatic heterocycles. The van der Waals surface area contributed by atoms with Crippen LogP contribution >= 0.6 is 0 Å². The van der Waals surface area contributed by atoms with E-state index < -0.39 is 0 Å². The normalized spacial score (nSPS) is 17.0. The van der Waals surface area contributed by atoms with Gasteiger partial charge in [0.15, 0.2) is 0 Å². The molecule has 1 atom stereocenters. The first-order valence-electron chi connectivity index (χ1n) is 9.07. The smallest absolute Gasteiger partial charge is 0.255 e. The monoisotopic (exact) mass is 351 g/mol. The molecule has 0 bridgehead atoms. The standard InChI is InChI=1S/C21H25N3O2/c1-22-14-16-6-5-13-24(15-16)21(26)18-9-11-19(12-10-18)23-20(25)17-7-3-2-4-8-17/h2-4,7-12,16,22H,5-6,13-15H2,1H3,(H,23,25). The maximum atomic E-state index is 12.7. The molecule has 1 aliphatic heterocycles. The van der Waals surface area contributed by atoms with E-state index in [9.17, 15) is 9.59 Å². The third-order valence-electron chi connectivity index (χ3n) is 4.72. The van der Waals surface area contributed by atoms with Gasteiger partial charge in [-0.3, -0.25) is 9.59 Å². The molecular weight excluding hydrogens is 326 g/mol. The van der Waals surface area contributed by atoms with Crippen molar-refractivity contribution in [2.45, 2.75) is 12.8 Å². The maximum Gasteiger partial charge on any atom is 0.255 e. The van der Waals surface area contributed by atoms with Crippen molar-refractivity contribution in [2.24, 2.45) is 5.92 Å². The molecule has 0 spiro atoms. The summed E-state index contributed by atoms with van der Waals surface area (Å²) in [4.78, 5) is 26.8. The van der Waals surface area contributed by atoms with Crippen molar-refractivity contribution in [3.05, 3.63) is 65.7 Å². The minimum atomic E-state index is -0.157. The minimum Gasteiger partial charge on any atom is -0.338 e. The third-order valence-corrected chi connectivity index (χ3v) is 4.72. The Kier molecular flexibility index (Phi) is 6.02. The molecule has 1 aliphatic rings. The van der Waals surface area contributed by atoms with Gasteiger partial charge in [-0.25, -0.2) is 0 Å². The van der Waals surface area contributed by atoms with Crippen LogP contribution in [0.25, 0.3) is 0 Å². The van der Waals surface area contributed by atoms with E-state index in [0.717, 1.165) is 32.5 Å². The largest absolute Gasteiger partial charge is 0.338 e. The first-order chi connectivity index (χ1) is 12.7. The maximum absolute atomic E-state index is 12.7. The Balaban J connectivity index is 1.62. The van der Waals surface area contributed by atoms with Crippen LogP contribution in [0.1, 0.15) is 33.6 Å². The van der Waals surface area contributed by atoms with Crippen LogP contribution < -0.4 is 10.6 Å². The molecule has 1 unspecified atom stereocenters. The topological polar surface area (TPSA) is 61.4 Å². The third kappa shape index (κ3) is 4.49. The van der Waals surface area contributed by atoms with E-state index in [1.165, 1.54) is 0 Å². The van der Waals surface area contributed by atoms with E-state index >= 15 is 0 Å². The zero-order valence-electron chi connectivity index (χ0n) is 15.1. The van der Waals surface area contributed by atoms with Crippen molar-refractivity contribution >= 4 is 17.5 Å². The molecule has 136 valence electrons. The zero-order chi connectivity index (χ0) is 18.4. The predicted molar refractivity (Wildman–Crippen MR) is 103 cm³/mol. The lowest BCUT2D eigenvalue weighted by molar-refractivity contribution is 0.0674. The molecule has 0 radical (unpaired) electrons. The Morgan fingerprint density at radius 2 is 1.77 bits per heavy atom. The highest BCUT2D eigenvalue weighted by Gasteiger charge is 2.24. The molecule has 1 saturated heterocycles. The van der Waals surface area contributed by atoms with Crippen LogP contribution in [-0.2, 0) is 0 Å². The van der Waals surface area contributed by atoms with Gasteiger partial charge in [-0.05, 0) is 68.8 Å². The van der Waals surface area contributed by atoms with E-state index in [4.69, 9.17) is 0 Å². The van der Waals surface area contributed by atoms with Crippen molar-refractivity contribution < 1.29 is 9.59 Å². The molecule has 5 nitrogen and oxygen atoms in total. The number of anilines is 1. The van der Waals surface area contributed by atoms with E-state index in [-0.39, 0.29) is 11.8 Å². The molecule has 2 aromatic rings. The predicted octanol–water partition coefficient (Wildman–Crippen LogP) is 3.01. The summed E-state index contributed by atoms with van der Waals surface area (Å²) >= 11 is 0. The summed E-state index contributed by atoms with van der Waals surface area (Å²) in [6, 6.07) is 16.2. The van der Waals surface area contributed by atoms with Gasteiger partial charge in [0.25, 0.3) is 11.8 Å². The second-order valence-electron chi connectivity index (χ2n) is 6.71. The van der Waals surface area contributed by atoms with Gasteiger partial charge in [0.05, 0.1) is 0 Å². The number of carbonyl (C=O) groups is 2. The van der Waals surface area contributed by atoms with Gasteiger partial charge in [-0.15, -0.1) is 0 Å². The first kappa shape index (κ1) is 18.1. The van der Waals surface area contributed by atoms with Crippen LogP contribution in [0, 0.1) is 5.92 Å². The minimum absolute atomic E-state index is 0.0618. The van der Waals surface area contributed by atoms with E-state index in [2.05, 4.69) is 10.6 Å². The van der Waals surface area contributed by atoms with Crippen LogP contribution in [0.2, 0.25) is 0 Å². The Bertz CT molecular complexity index is 742. The molecule has 5 heteroatoms. The lowest BCUT2D eigenvalue weighted by Gasteiger charge is -2.32.